The average Bonchev–Trinajstić information content (AvgIpc) is 3.18. The number of rotatable bonds is 7. The number of aromatic nitrogens is 1. The number of fused-ring (bicyclic) bond motifs is 1. The second-order valence-electron chi connectivity index (χ2n) is 5.63. The van der Waals surface area contributed by atoms with Crippen molar-refractivity contribution in [2.45, 2.75) is 19.4 Å². The largest absolute Gasteiger partial charge is 0.352 e. The van der Waals surface area contributed by atoms with Crippen molar-refractivity contribution in [3.05, 3.63) is 64.6 Å². The Labute approximate surface area is 150 Å². The number of benzene rings is 1. The fourth-order valence-electron chi connectivity index (χ4n) is 2.54. The van der Waals surface area contributed by atoms with Gasteiger partial charge in [-0.1, -0.05) is 24.3 Å². The standard InChI is InChI=1S/C19H19N3O2S/c23-18(6-3-9-21-19(24)15-8-11-25-13-15)22-12-17-16-5-2-1-4-14(16)7-10-20-17/h1-2,4-5,7-8,10-11,13H,3,6,9,12H2,(H,21,24)(H,22,23). The minimum Gasteiger partial charge on any atom is -0.352 e. The third-order valence-corrected chi connectivity index (χ3v) is 4.54. The van der Waals surface area contributed by atoms with E-state index in [1.54, 1.807) is 17.6 Å². The first-order chi connectivity index (χ1) is 12.2. The summed E-state index contributed by atoms with van der Waals surface area (Å²) in [6, 6.07) is 11.7. The third-order valence-electron chi connectivity index (χ3n) is 3.86. The molecule has 0 radical (unpaired) electrons. The lowest BCUT2D eigenvalue weighted by molar-refractivity contribution is -0.121. The molecule has 6 heteroatoms. The van der Waals surface area contributed by atoms with Crippen LogP contribution in [0.25, 0.3) is 10.8 Å². The molecule has 0 bridgehead atoms. The number of hydrogen-bond donors (Lipinski definition) is 2. The molecule has 2 N–H and O–H groups in total. The molecule has 0 fully saturated rings. The quantitative estimate of drug-likeness (QED) is 0.641. The van der Waals surface area contributed by atoms with E-state index in [0.717, 1.165) is 16.5 Å². The smallest absolute Gasteiger partial charge is 0.252 e. The van der Waals surface area contributed by atoms with Gasteiger partial charge in [-0.05, 0) is 29.3 Å². The van der Waals surface area contributed by atoms with Gasteiger partial charge in [-0.15, -0.1) is 0 Å². The highest BCUT2D eigenvalue weighted by molar-refractivity contribution is 7.08. The third kappa shape index (κ3) is 4.64. The predicted molar refractivity (Wildman–Crippen MR) is 99.5 cm³/mol. The number of nitrogens with zero attached hydrogens (tertiary/aromatic N) is 1. The van der Waals surface area contributed by atoms with Crippen molar-refractivity contribution in [2.75, 3.05) is 6.54 Å². The maximum absolute atomic E-state index is 12.0. The number of carbonyl (C=O) groups excluding carboxylic acids is 2. The van der Waals surface area contributed by atoms with E-state index in [2.05, 4.69) is 15.6 Å². The Morgan fingerprint density at radius 1 is 1.08 bits per heavy atom. The van der Waals surface area contributed by atoms with Crippen LogP contribution in [0.15, 0.2) is 53.4 Å². The molecule has 2 heterocycles. The fourth-order valence-corrected chi connectivity index (χ4v) is 3.18. The molecule has 2 amide bonds. The molecular weight excluding hydrogens is 334 g/mol. The van der Waals surface area contributed by atoms with Crippen molar-refractivity contribution in [2.24, 2.45) is 0 Å². The van der Waals surface area contributed by atoms with Crippen molar-refractivity contribution in [1.29, 1.82) is 0 Å². The summed E-state index contributed by atoms with van der Waals surface area (Å²) in [5, 5.41) is 11.5. The first-order valence-electron chi connectivity index (χ1n) is 8.14. The van der Waals surface area contributed by atoms with Gasteiger partial charge in [0.2, 0.25) is 5.91 Å². The maximum Gasteiger partial charge on any atom is 0.252 e. The number of thiophene rings is 1. The topological polar surface area (TPSA) is 71.1 Å². The summed E-state index contributed by atoms with van der Waals surface area (Å²) in [4.78, 5) is 28.1. The van der Waals surface area contributed by atoms with Crippen LogP contribution in [-0.4, -0.2) is 23.3 Å². The van der Waals surface area contributed by atoms with E-state index in [1.165, 1.54) is 11.3 Å². The lowest BCUT2D eigenvalue weighted by atomic mass is 10.1. The molecule has 0 atom stereocenters. The van der Waals surface area contributed by atoms with Crippen molar-refractivity contribution < 1.29 is 9.59 Å². The molecular formula is C19H19N3O2S. The highest BCUT2D eigenvalue weighted by Crippen LogP contribution is 2.15. The van der Waals surface area contributed by atoms with Gasteiger partial charge in [0.1, 0.15) is 0 Å². The zero-order chi connectivity index (χ0) is 17.5. The van der Waals surface area contributed by atoms with Gasteiger partial charge in [0, 0.05) is 35.5 Å². The van der Waals surface area contributed by atoms with Gasteiger partial charge in [0.15, 0.2) is 0 Å². The molecule has 0 unspecified atom stereocenters. The molecule has 0 aliphatic carbocycles. The molecule has 3 aromatic rings. The Morgan fingerprint density at radius 3 is 2.80 bits per heavy atom. The van der Waals surface area contributed by atoms with Gasteiger partial charge < -0.3 is 10.6 Å². The van der Waals surface area contributed by atoms with Gasteiger partial charge >= 0.3 is 0 Å². The van der Waals surface area contributed by atoms with E-state index in [0.29, 0.717) is 31.5 Å². The summed E-state index contributed by atoms with van der Waals surface area (Å²) in [6.45, 7) is 0.885. The van der Waals surface area contributed by atoms with Crippen molar-refractivity contribution in [1.82, 2.24) is 15.6 Å². The van der Waals surface area contributed by atoms with Gasteiger partial charge in [-0.3, -0.25) is 14.6 Å². The number of pyridine rings is 1. The van der Waals surface area contributed by atoms with Crippen LogP contribution in [-0.2, 0) is 11.3 Å². The van der Waals surface area contributed by atoms with Crippen molar-refractivity contribution >= 4 is 33.9 Å². The van der Waals surface area contributed by atoms with Crippen LogP contribution in [0, 0.1) is 0 Å². The lowest BCUT2D eigenvalue weighted by Gasteiger charge is -2.08. The maximum atomic E-state index is 12.0. The van der Waals surface area contributed by atoms with Crippen LogP contribution in [0.4, 0.5) is 0 Å². The van der Waals surface area contributed by atoms with E-state index >= 15 is 0 Å². The van der Waals surface area contributed by atoms with Crippen LogP contribution < -0.4 is 10.6 Å². The molecule has 128 valence electrons. The van der Waals surface area contributed by atoms with E-state index in [4.69, 9.17) is 0 Å². The summed E-state index contributed by atoms with van der Waals surface area (Å²) < 4.78 is 0. The summed E-state index contributed by atoms with van der Waals surface area (Å²) in [5.74, 6) is -0.138. The van der Waals surface area contributed by atoms with Crippen LogP contribution >= 0.6 is 11.3 Å². The van der Waals surface area contributed by atoms with E-state index < -0.39 is 0 Å². The Morgan fingerprint density at radius 2 is 1.96 bits per heavy atom. The molecule has 1 aromatic carbocycles. The number of amides is 2. The Bertz CT molecular complexity index is 857. The molecule has 0 aliphatic heterocycles. The summed E-state index contributed by atoms with van der Waals surface area (Å²) in [7, 11) is 0. The van der Waals surface area contributed by atoms with Crippen molar-refractivity contribution in [3.63, 3.8) is 0 Å². The van der Waals surface area contributed by atoms with Gasteiger partial charge in [0.05, 0.1) is 12.2 Å². The van der Waals surface area contributed by atoms with Crippen LogP contribution in [0.3, 0.4) is 0 Å². The monoisotopic (exact) mass is 353 g/mol. The fraction of sp³-hybridized carbons (Fsp3) is 0.211. The van der Waals surface area contributed by atoms with Gasteiger partial charge in [-0.2, -0.15) is 11.3 Å². The van der Waals surface area contributed by atoms with Crippen LogP contribution in [0.2, 0.25) is 0 Å². The number of hydrogen-bond acceptors (Lipinski definition) is 4. The molecule has 0 saturated heterocycles. The molecule has 25 heavy (non-hydrogen) atoms. The molecule has 2 aromatic heterocycles. The van der Waals surface area contributed by atoms with Crippen LogP contribution in [0.1, 0.15) is 28.9 Å². The van der Waals surface area contributed by atoms with Gasteiger partial charge in [-0.25, -0.2) is 0 Å². The van der Waals surface area contributed by atoms with E-state index in [-0.39, 0.29) is 11.8 Å². The Kier molecular flexibility index (Phi) is 5.74. The molecule has 0 spiro atoms. The molecule has 5 nitrogen and oxygen atoms in total. The number of nitrogens with one attached hydrogen (secondary N) is 2. The van der Waals surface area contributed by atoms with E-state index in [1.807, 2.05) is 35.7 Å². The highest BCUT2D eigenvalue weighted by Gasteiger charge is 2.07. The second kappa shape index (κ2) is 8.39. The molecule has 0 aliphatic rings. The number of carbonyl (C=O) groups is 2. The highest BCUT2D eigenvalue weighted by atomic mass is 32.1. The van der Waals surface area contributed by atoms with Gasteiger partial charge in [0.25, 0.3) is 5.91 Å². The van der Waals surface area contributed by atoms with Crippen LogP contribution in [0.5, 0.6) is 0 Å². The zero-order valence-corrected chi connectivity index (χ0v) is 14.5. The first-order valence-corrected chi connectivity index (χ1v) is 9.08. The Balaban J connectivity index is 1.41. The summed E-state index contributed by atoms with van der Waals surface area (Å²) >= 11 is 1.49. The second-order valence-corrected chi connectivity index (χ2v) is 6.41. The first kappa shape index (κ1) is 17.1. The Hall–Kier alpha value is -2.73. The normalized spacial score (nSPS) is 10.6. The summed E-state index contributed by atoms with van der Waals surface area (Å²) in [6.07, 6.45) is 2.73. The molecule has 0 saturated carbocycles. The molecule has 3 rings (SSSR count). The minimum atomic E-state index is -0.0957. The lowest BCUT2D eigenvalue weighted by Crippen LogP contribution is -2.27. The predicted octanol–water partition coefficient (Wildman–Crippen LogP) is 3.12. The van der Waals surface area contributed by atoms with E-state index in [9.17, 15) is 9.59 Å². The average molecular weight is 353 g/mol. The minimum absolute atomic E-state index is 0.0421. The SMILES string of the molecule is O=C(CCCNC(=O)c1ccsc1)NCc1nccc2ccccc12. The van der Waals surface area contributed by atoms with Crippen molar-refractivity contribution in [3.8, 4) is 0 Å². The summed E-state index contributed by atoms with van der Waals surface area (Å²) in [5.41, 5.74) is 1.52. The zero-order valence-electron chi connectivity index (χ0n) is 13.7.